The zero-order chi connectivity index (χ0) is 17.2. The van der Waals surface area contributed by atoms with Gasteiger partial charge in [0.2, 0.25) is 9.84 Å². The minimum absolute atomic E-state index is 0.119. The number of amides is 1. The molecule has 0 bridgehead atoms. The largest absolute Gasteiger partial charge is 0.344 e. The van der Waals surface area contributed by atoms with Crippen molar-refractivity contribution in [1.82, 2.24) is 14.7 Å². The molecule has 6 nitrogen and oxygen atoms in total. The van der Waals surface area contributed by atoms with Crippen LogP contribution in [0.5, 0.6) is 0 Å². The third kappa shape index (κ3) is 3.29. The highest BCUT2D eigenvalue weighted by molar-refractivity contribution is 7.91. The lowest BCUT2D eigenvalue weighted by molar-refractivity contribution is 0.201. The van der Waals surface area contributed by atoms with E-state index in [-0.39, 0.29) is 16.0 Å². The van der Waals surface area contributed by atoms with Gasteiger partial charge >= 0.3 is 6.03 Å². The van der Waals surface area contributed by atoms with Gasteiger partial charge in [0, 0.05) is 19.3 Å². The van der Waals surface area contributed by atoms with Crippen LogP contribution in [0.2, 0.25) is 0 Å². The molecule has 23 heavy (non-hydrogen) atoms. The van der Waals surface area contributed by atoms with Crippen LogP contribution in [-0.4, -0.2) is 42.2 Å². The molecule has 0 fully saturated rings. The Morgan fingerprint density at radius 3 is 2.43 bits per heavy atom. The van der Waals surface area contributed by atoms with E-state index in [1.807, 2.05) is 26.8 Å². The van der Waals surface area contributed by atoms with E-state index in [0.717, 1.165) is 10.2 Å². The van der Waals surface area contributed by atoms with Gasteiger partial charge in [-0.3, -0.25) is 0 Å². The first-order valence-corrected chi connectivity index (χ1v) is 8.96. The molecule has 0 saturated carbocycles. The first-order valence-electron chi connectivity index (χ1n) is 7.48. The van der Waals surface area contributed by atoms with Crippen molar-refractivity contribution in [2.24, 2.45) is 0 Å². The molecule has 0 aliphatic carbocycles. The van der Waals surface area contributed by atoms with Crippen molar-refractivity contribution in [3.63, 3.8) is 0 Å². The van der Waals surface area contributed by atoms with Crippen molar-refractivity contribution in [3.8, 4) is 0 Å². The Morgan fingerprint density at radius 2 is 1.83 bits per heavy atom. The minimum atomic E-state index is -3.75. The quantitative estimate of drug-likeness (QED) is 0.861. The van der Waals surface area contributed by atoms with Crippen LogP contribution in [0.25, 0.3) is 0 Å². The number of carbonyl (C=O) groups is 1. The van der Waals surface area contributed by atoms with Crippen LogP contribution in [0.15, 0.2) is 40.4 Å². The van der Waals surface area contributed by atoms with E-state index in [0.29, 0.717) is 18.7 Å². The van der Waals surface area contributed by atoms with Gasteiger partial charge < -0.3 is 4.90 Å². The smallest absolute Gasteiger partial charge is 0.323 e. The second-order valence-electron chi connectivity index (χ2n) is 5.33. The normalized spacial score (nSPS) is 11.5. The van der Waals surface area contributed by atoms with Crippen LogP contribution < -0.4 is 0 Å². The molecule has 0 saturated heterocycles. The number of aromatic nitrogens is 2. The average molecular weight is 335 g/mol. The highest BCUT2D eigenvalue weighted by Crippen LogP contribution is 2.23. The van der Waals surface area contributed by atoms with E-state index in [1.165, 1.54) is 12.3 Å². The zero-order valence-electron chi connectivity index (χ0n) is 13.8. The summed E-state index contributed by atoms with van der Waals surface area (Å²) in [5.74, 6) is 0. The highest BCUT2D eigenvalue weighted by atomic mass is 32.2. The van der Waals surface area contributed by atoms with Crippen LogP contribution >= 0.6 is 0 Å². The van der Waals surface area contributed by atoms with Crippen molar-refractivity contribution in [3.05, 3.63) is 41.6 Å². The van der Waals surface area contributed by atoms with Crippen molar-refractivity contribution in [2.75, 3.05) is 13.1 Å². The maximum atomic E-state index is 12.8. The first-order chi connectivity index (χ1) is 10.8. The summed E-state index contributed by atoms with van der Waals surface area (Å²) in [4.78, 5) is 14.0. The molecule has 124 valence electrons. The monoisotopic (exact) mass is 335 g/mol. The van der Waals surface area contributed by atoms with E-state index < -0.39 is 9.84 Å². The zero-order valence-corrected chi connectivity index (χ0v) is 14.6. The lowest BCUT2D eigenvalue weighted by atomic mass is 10.2. The fourth-order valence-corrected chi connectivity index (χ4v) is 3.80. The molecule has 0 atom stereocenters. The fourth-order valence-electron chi connectivity index (χ4n) is 2.31. The number of hydrogen-bond donors (Lipinski definition) is 0. The van der Waals surface area contributed by atoms with E-state index in [9.17, 15) is 13.2 Å². The van der Waals surface area contributed by atoms with Gasteiger partial charge in [0.1, 0.15) is 0 Å². The molecule has 0 aliphatic rings. The van der Waals surface area contributed by atoms with Crippen LogP contribution in [0.1, 0.15) is 25.0 Å². The van der Waals surface area contributed by atoms with Crippen molar-refractivity contribution < 1.29 is 13.2 Å². The summed E-state index contributed by atoms with van der Waals surface area (Å²) in [5.41, 5.74) is 1.51. The van der Waals surface area contributed by atoms with Crippen LogP contribution in [0, 0.1) is 13.8 Å². The molecular formula is C16H21N3O3S. The summed E-state index contributed by atoms with van der Waals surface area (Å²) in [7, 11) is -3.75. The molecule has 0 aliphatic heterocycles. The summed E-state index contributed by atoms with van der Waals surface area (Å²) in [5, 5.41) is 3.86. The molecule has 0 unspecified atom stereocenters. The summed E-state index contributed by atoms with van der Waals surface area (Å²) in [6.07, 6.45) is 1.39. The third-order valence-corrected chi connectivity index (χ3v) is 5.49. The maximum absolute atomic E-state index is 12.8. The van der Waals surface area contributed by atoms with E-state index in [2.05, 4.69) is 5.10 Å². The Morgan fingerprint density at radius 1 is 1.17 bits per heavy atom. The second kappa shape index (κ2) is 6.54. The molecule has 0 spiro atoms. The van der Waals surface area contributed by atoms with E-state index >= 15 is 0 Å². The topological polar surface area (TPSA) is 72.3 Å². The standard InChI is InChI=1S/C16H21N3O3S/c1-5-18(6-2)16(20)19-10-9-15(17-19)23(21,22)14-11-12(3)7-8-13(14)4/h7-11H,5-6H2,1-4H3. The van der Waals surface area contributed by atoms with Gasteiger partial charge in [-0.1, -0.05) is 12.1 Å². The number of sulfone groups is 1. The summed E-state index contributed by atoms with van der Waals surface area (Å²) >= 11 is 0. The fraction of sp³-hybridized carbons (Fsp3) is 0.375. The molecule has 2 rings (SSSR count). The minimum Gasteiger partial charge on any atom is -0.323 e. The van der Waals surface area contributed by atoms with Gasteiger partial charge in [-0.25, -0.2) is 13.2 Å². The predicted octanol–water partition coefficient (Wildman–Crippen LogP) is 2.64. The molecule has 0 N–H and O–H groups in total. The second-order valence-corrected chi connectivity index (χ2v) is 7.19. The molecule has 2 aromatic rings. The molecule has 1 amide bonds. The Labute approximate surface area is 136 Å². The lowest BCUT2D eigenvalue weighted by Crippen LogP contribution is -2.34. The first kappa shape index (κ1) is 17.2. The van der Waals surface area contributed by atoms with Gasteiger partial charge in [0.05, 0.1) is 4.90 Å². The van der Waals surface area contributed by atoms with Crippen molar-refractivity contribution >= 4 is 15.9 Å². The Balaban J connectivity index is 2.43. The van der Waals surface area contributed by atoms with Gasteiger partial charge in [0.25, 0.3) is 0 Å². The Kier molecular flexibility index (Phi) is 4.89. The molecular weight excluding hydrogens is 314 g/mol. The number of carbonyl (C=O) groups excluding carboxylic acids is 1. The summed E-state index contributed by atoms with van der Waals surface area (Å²) in [6.45, 7) is 8.37. The van der Waals surface area contributed by atoms with Crippen LogP contribution in [0.4, 0.5) is 4.79 Å². The highest BCUT2D eigenvalue weighted by Gasteiger charge is 2.24. The molecule has 1 aromatic carbocycles. The molecule has 1 heterocycles. The Bertz CT molecular complexity index is 821. The van der Waals surface area contributed by atoms with Gasteiger partial charge in [0.15, 0.2) is 5.03 Å². The molecule has 1 aromatic heterocycles. The number of aryl methyl sites for hydroxylation is 2. The predicted molar refractivity (Wildman–Crippen MR) is 87.3 cm³/mol. The van der Waals surface area contributed by atoms with Gasteiger partial charge in [-0.2, -0.15) is 9.78 Å². The summed E-state index contributed by atoms with van der Waals surface area (Å²) < 4.78 is 26.6. The van der Waals surface area contributed by atoms with E-state index in [1.54, 1.807) is 24.0 Å². The van der Waals surface area contributed by atoms with Crippen molar-refractivity contribution in [2.45, 2.75) is 37.6 Å². The van der Waals surface area contributed by atoms with E-state index in [4.69, 9.17) is 0 Å². The van der Waals surface area contributed by atoms with Gasteiger partial charge in [-0.05, 0) is 51.0 Å². The SMILES string of the molecule is CCN(CC)C(=O)n1ccc(S(=O)(=O)c2cc(C)ccc2C)n1. The number of nitrogens with zero attached hydrogens (tertiary/aromatic N) is 3. The molecule has 7 heteroatoms. The maximum Gasteiger partial charge on any atom is 0.344 e. The van der Waals surface area contributed by atoms with Crippen LogP contribution in [0.3, 0.4) is 0 Å². The summed E-state index contributed by atoms with van der Waals surface area (Å²) in [6, 6.07) is 6.27. The number of rotatable bonds is 4. The number of benzene rings is 1. The number of hydrogen-bond acceptors (Lipinski definition) is 4. The molecule has 0 radical (unpaired) electrons. The van der Waals surface area contributed by atoms with Gasteiger partial charge in [-0.15, -0.1) is 0 Å². The average Bonchev–Trinajstić information content (AvgIpc) is 3.01. The lowest BCUT2D eigenvalue weighted by Gasteiger charge is -2.17. The third-order valence-electron chi connectivity index (χ3n) is 3.70. The van der Waals surface area contributed by atoms with Crippen LogP contribution in [-0.2, 0) is 9.84 Å². The van der Waals surface area contributed by atoms with Crippen molar-refractivity contribution in [1.29, 1.82) is 0 Å². The Hall–Kier alpha value is -2.15.